The number of nitrogen functional groups attached to an aromatic ring is 1. The van der Waals surface area contributed by atoms with Crippen molar-refractivity contribution in [1.29, 1.82) is 0 Å². The number of nitrogens with two attached hydrogens (primary N) is 1. The van der Waals surface area contributed by atoms with E-state index in [1.54, 1.807) is 12.3 Å². The molecule has 0 spiro atoms. The molecule has 1 amide bonds. The number of carbonyl (C=O) groups excluding carboxylic acids is 1. The lowest BCUT2D eigenvalue weighted by atomic mass is 9.81. The maximum atomic E-state index is 13.6. The number of halogens is 2. The second-order valence-corrected chi connectivity index (χ2v) is 11.9. The van der Waals surface area contributed by atoms with Crippen molar-refractivity contribution >= 4 is 61.2 Å². The number of para-hydroxylation sites is 1. The fourth-order valence-corrected chi connectivity index (χ4v) is 7.35. The van der Waals surface area contributed by atoms with Gasteiger partial charge in [-0.1, -0.05) is 29.8 Å². The Kier molecular flexibility index (Phi) is 6.20. The summed E-state index contributed by atoms with van der Waals surface area (Å²) in [6.45, 7) is 0.573. The van der Waals surface area contributed by atoms with E-state index in [0.717, 1.165) is 59.3 Å². The summed E-state index contributed by atoms with van der Waals surface area (Å²) in [5.41, 5.74) is 9.96. The van der Waals surface area contributed by atoms with Gasteiger partial charge in [-0.25, -0.2) is 14.4 Å². The normalized spacial score (nSPS) is 17.6. The smallest absolute Gasteiger partial charge is 0.262 e. The van der Waals surface area contributed by atoms with Crippen LogP contribution >= 0.6 is 22.9 Å². The van der Waals surface area contributed by atoms with Crippen LogP contribution in [0.25, 0.3) is 37.9 Å². The maximum absolute atomic E-state index is 13.6. The molecule has 4 heterocycles. The van der Waals surface area contributed by atoms with Crippen LogP contribution in [0.15, 0.2) is 60.9 Å². The van der Waals surface area contributed by atoms with Crippen LogP contribution in [-0.2, 0) is 0 Å². The standard InChI is InChI=1S/C30H26ClFN6OS/c31-24-20-10-9-19(32)14-23(20)40-27(24)30(39)35-15-16-5-7-17(8-6-16)29-37-25(26-28(33)34-11-12-38(26)29)22-13-18-3-1-2-4-21(18)36-22/h1-4,9-14,16-17,36H,5-8,15H2,(H2,33,34)(H,35,39)/t16-,17-. The molecule has 7 rings (SSSR count). The quantitative estimate of drug-likeness (QED) is 0.204. The van der Waals surface area contributed by atoms with E-state index in [1.165, 1.54) is 23.5 Å². The highest BCUT2D eigenvalue weighted by Crippen LogP contribution is 2.39. The first kappa shape index (κ1) is 25.0. The summed E-state index contributed by atoms with van der Waals surface area (Å²) in [4.78, 5) is 26.3. The van der Waals surface area contributed by atoms with Crippen LogP contribution in [0.4, 0.5) is 10.2 Å². The van der Waals surface area contributed by atoms with Crippen molar-refractivity contribution in [2.24, 2.45) is 5.92 Å². The summed E-state index contributed by atoms with van der Waals surface area (Å²) in [6, 6.07) is 14.6. The number of nitrogens with zero attached hydrogens (tertiary/aromatic N) is 3. The van der Waals surface area contributed by atoms with Crippen molar-refractivity contribution in [2.75, 3.05) is 12.3 Å². The van der Waals surface area contributed by atoms with Crippen molar-refractivity contribution in [3.63, 3.8) is 0 Å². The monoisotopic (exact) mass is 572 g/mol. The number of aromatic nitrogens is 4. The van der Waals surface area contributed by atoms with Gasteiger partial charge in [0.05, 0.1) is 10.7 Å². The topological polar surface area (TPSA) is 101 Å². The summed E-state index contributed by atoms with van der Waals surface area (Å²) in [6.07, 6.45) is 7.50. The van der Waals surface area contributed by atoms with Crippen LogP contribution in [0.3, 0.4) is 0 Å². The van der Waals surface area contributed by atoms with Gasteiger partial charge in [0.25, 0.3) is 5.91 Å². The van der Waals surface area contributed by atoms with Crippen LogP contribution in [0.5, 0.6) is 0 Å². The highest BCUT2D eigenvalue weighted by molar-refractivity contribution is 7.21. The minimum Gasteiger partial charge on any atom is -0.382 e. The van der Waals surface area contributed by atoms with E-state index in [4.69, 9.17) is 22.3 Å². The molecule has 4 aromatic heterocycles. The molecule has 2 aromatic carbocycles. The van der Waals surface area contributed by atoms with E-state index in [-0.39, 0.29) is 17.6 Å². The molecule has 0 saturated heterocycles. The van der Waals surface area contributed by atoms with Gasteiger partial charge in [-0.3, -0.25) is 9.20 Å². The highest BCUT2D eigenvalue weighted by atomic mass is 35.5. The van der Waals surface area contributed by atoms with Crippen molar-refractivity contribution in [3.8, 4) is 11.4 Å². The molecule has 4 N–H and O–H groups in total. The first-order chi connectivity index (χ1) is 19.5. The molecule has 0 unspecified atom stereocenters. The summed E-state index contributed by atoms with van der Waals surface area (Å²) < 4.78 is 16.4. The second kappa shape index (κ2) is 9.91. The van der Waals surface area contributed by atoms with Gasteiger partial charge in [-0.15, -0.1) is 11.3 Å². The zero-order valence-electron chi connectivity index (χ0n) is 21.5. The minimum absolute atomic E-state index is 0.209. The molecule has 202 valence electrons. The molecule has 1 saturated carbocycles. The summed E-state index contributed by atoms with van der Waals surface area (Å²) in [7, 11) is 0. The number of fused-ring (bicyclic) bond motifs is 3. The van der Waals surface area contributed by atoms with E-state index in [9.17, 15) is 9.18 Å². The van der Waals surface area contributed by atoms with Crippen LogP contribution in [0.2, 0.25) is 5.02 Å². The second-order valence-electron chi connectivity index (χ2n) is 10.4. The van der Waals surface area contributed by atoms with Crippen molar-refractivity contribution in [2.45, 2.75) is 31.6 Å². The predicted octanol–water partition coefficient (Wildman–Crippen LogP) is 7.17. The lowest BCUT2D eigenvalue weighted by Crippen LogP contribution is -2.31. The van der Waals surface area contributed by atoms with Crippen LogP contribution in [0.1, 0.15) is 47.1 Å². The Bertz CT molecular complexity index is 1870. The van der Waals surface area contributed by atoms with E-state index >= 15 is 0 Å². The first-order valence-electron chi connectivity index (χ1n) is 13.3. The number of anilines is 1. The van der Waals surface area contributed by atoms with Gasteiger partial charge in [-0.2, -0.15) is 0 Å². The van der Waals surface area contributed by atoms with Gasteiger partial charge >= 0.3 is 0 Å². The Balaban J connectivity index is 1.07. The Morgan fingerprint density at radius 3 is 2.83 bits per heavy atom. The zero-order chi connectivity index (χ0) is 27.4. The predicted molar refractivity (Wildman–Crippen MR) is 159 cm³/mol. The molecule has 1 fully saturated rings. The third kappa shape index (κ3) is 4.30. The van der Waals surface area contributed by atoms with Gasteiger partial charge in [-0.05, 0) is 61.9 Å². The lowest BCUT2D eigenvalue weighted by molar-refractivity contribution is 0.0947. The van der Waals surface area contributed by atoms with Crippen molar-refractivity contribution in [3.05, 3.63) is 82.5 Å². The Labute approximate surface area is 238 Å². The Hall–Kier alpha value is -3.95. The average Bonchev–Trinajstić information content (AvgIpc) is 3.66. The fraction of sp³-hybridized carbons (Fsp3) is 0.233. The van der Waals surface area contributed by atoms with Crippen molar-refractivity contribution < 1.29 is 9.18 Å². The molecule has 0 atom stereocenters. The SMILES string of the molecule is Nc1nccn2c1c(-c1cc3ccccc3[nH]1)nc2[C@H]1CC[C@H](CNC(=O)c2sc3cc(F)ccc3c2Cl)CC1. The van der Waals surface area contributed by atoms with Crippen LogP contribution in [-0.4, -0.2) is 31.8 Å². The van der Waals surface area contributed by atoms with Gasteiger partial charge in [0.1, 0.15) is 33.5 Å². The van der Waals surface area contributed by atoms with Gasteiger partial charge in [0, 0.05) is 45.8 Å². The number of carbonyl (C=O) groups is 1. The third-order valence-electron chi connectivity index (χ3n) is 7.96. The number of H-pyrrole nitrogens is 1. The van der Waals surface area contributed by atoms with Crippen LogP contribution in [0, 0.1) is 11.7 Å². The Morgan fingerprint density at radius 1 is 1.18 bits per heavy atom. The number of amides is 1. The first-order valence-corrected chi connectivity index (χ1v) is 14.5. The number of nitrogens with one attached hydrogen (secondary N) is 2. The number of imidazole rings is 1. The maximum Gasteiger partial charge on any atom is 0.262 e. The number of rotatable bonds is 5. The largest absolute Gasteiger partial charge is 0.382 e. The van der Waals surface area contributed by atoms with Gasteiger partial charge in [0.15, 0.2) is 0 Å². The molecule has 0 aliphatic heterocycles. The summed E-state index contributed by atoms with van der Waals surface area (Å²) in [5, 5.41) is 5.26. The number of hydrogen-bond acceptors (Lipinski definition) is 5. The van der Waals surface area contributed by atoms with Gasteiger partial charge < -0.3 is 16.0 Å². The van der Waals surface area contributed by atoms with E-state index in [1.807, 2.05) is 24.4 Å². The molecule has 0 radical (unpaired) electrons. The number of thiophene rings is 1. The van der Waals surface area contributed by atoms with Crippen molar-refractivity contribution in [1.82, 2.24) is 24.7 Å². The van der Waals surface area contributed by atoms with E-state index in [0.29, 0.717) is 38.3 Å². The highest BCUT2D eigenvalue weighted by Gasteiger charge is 2.28. The fourth-order valence-electron chi connectivity index (χ4n) is 5.89. The van der Waals surface area contributed by atoms with Gasteiger partial charge in [0.2, 0.25) is 0 Å². The molecular weight excluding hydrogens is 547 g/mol. The van der Waals surface area contributed by atoms with Crippen LogP contribution < -0.4 is 11.1 Å². The number of aromatic amines is 1. The minimum atomic E-state index is -0.341. The molecule has 1 aliphatic carbocycles. The number of benzene rings is 2. The molecule has 6 aromatic rings. The summed E-state index contributed by atoms with van der Waals surface area (Å²) >= 11 is 7.66. The Morgan fingerprint density at radius 2 is 2.00 bits per heavy atom. The van der Waals surface area contributed by atoms with E-state index in [2.05, 4.69) is 31.8 Å². The molecule has 0 bridgehead atoms. The average molecular weight is 573 g/mol. The number of hydrogen-bond donors (Lipinski definition) is 3. The van der Waals surface area contributed by atoms with E-state index < -0.39 is 0 Å². The third-order valence-corrected chi connectivity index (χ3v) is 9.61. The molecule has 7 nitrogen and oxygen atoms in total. The zero-order valence-corrected chi connectivity index (χ0v) is 23.0. The summed E-state index contributed by atoms with van der Waals surface area (Å²) in [5.74, 6) is 1.52. The molecule has 10 heteroatoms. The molecule has 1 aliphatic rings. The lowest BCUT2D eigenvalue weighted by Gasteiger charge is -2.28. The molecule has 40 heavy (non-hydrogen) atoms. The molecular formula is C30H26ClFN6OS.